The minimum Gasteiger partial charge on any atom is -0.495 e. The van der Waals surface area contributed by atoms with Gasteiger partial charge in [0.2, 0.25) is 5.91 Å². The van der Waals surface area contributed by atoms with Gasteiger partial charge in [-0.25, -0.2) is 0 Å². The Bertz CT molecular complexity index is 732. The SMILES string of the molecule is COc1cc(NCC2CC3CC(C(C)(C)C)CCC3NC2=O)ccc1C#N. The summed E-state index contributed by atoms with van der Waals surface area (Å²) in [6.07, 6.45) is 4.46. The number of rotatable bonds is 4. The fourth-order valence-corrected chi connectivity index (χ4v) is 4.58. The van der Waals surface area contributed by atoms with E-state index in [2.05, 4.69) is 37.5 Å². The van der Waals surface area contributed by atoms with Gasteiger partial charge in [0.25, 0.3) is 0 Å². The summed E-state index contributed by atoms with van der Waals surface area (Å²) in [6, 6.07) is 7.89. The Hall–Kier alpha value is -2.22. The maximum atomic E-state index is 12.6. The van der Waals surface area contributed by atoms with Crippen LogP contribution in [0.5, 0.6) is 5.75 Å². The average Bonchev–Trinajstić information content (AvgIpc) is 2.64. The van der Waals surface area contributed by atoms with Gasteiger partial charge in [0.15, 0.2) is 0 Å². The first-order valence-electron chi connectivity index (χ1n) is 9.94. The third-order valence-electron chi connectivity index (χ3n) is 6.37. The summed E-state index contributed by atoms with van der Waals surface area (Å²) in [4.78, 5) is 12.6. The van der Waals surface area contributed by atoms with E-state index >= 15 is 0 Å². The van der Waals surface area contributed by atoms with E-state index in [-0.39, 0.29) is 11.8 Å². The molecule has 1 heterocycles. The second-order valence-corrected chi connectivity index (χ2v) is 9.09. The normalized spacial score (nSPS) is 27.9. The minimum atomic E-state index is -0.0217. The Morgan fingerprint density at radius 3 is 2.74 bits per heavy atom. The molecule has 0 spiro atoms. The van der Waals surface area contributed by atoms with Gasteiger partial charge in [-0.15, -0.1) is 0 Å². The van der Waals surface area contributed by atoms with Crippen LogP contribution in [0.1, 0.15) is 52.0 Å². The van der Waals surface area contributed by atoms with Crippen LogP contribution in [0.3, 0.4) is 0 Å². The lowest BCUT2D eigenvalue weighted by Gasteiger charge is -2.45. The Kier molecular flexibility index (Phi) is 5.64. The number of amides is 1. The maximum Gasteiger partial charge on any atom is 0.225 e. The van der Waals surface area contributed by atoms with Crippen LogP contribution in [-0.4, -0.2) is 25.6 Å². The van der Waals surface area contributed by atoms with Crippen molar-refractivity contribution in [3.8, 4) is 11.8 Å². The highest BCUT2D eigenvalue weighted by molar-refractivity contribution is 5.80. The monoisotopic (exact) mass is 369 g/mol. The van der Waals surface area contributed by atoms with Gasteiger partial charge in [0.1, 0.15) is 11.8 Å². The van der Waals surface area contributed by atoms with Crippen LogP contribution in [0.25, 0.3) is 0 Å². The number of carbonyl (C=O) groups excluding carboxylic acids is 1. The molecule has 2 fully saturated rings. The van der Waals surface area contributed by atoms with Crippen molar-refractivity contribution >= 4 is 11.6 Å². The first-order chi connectivity index (χ1) is 12.8. The van der Waals surface area contributed by atoms with Gasteiger partial charge in [-0.3, -0.25) is 4.79 Å². The zero-order valence-corrected chi connectivity index (χ0v) is 16.8. The number of fused-ring (bicyclic) bond motifs is 1. The highest BCUT2D eigenvalue weighted by Gasteiger charge is 2.41. The van der Waals surface area contributed by atoms with Crippen LogP contribution >= 0.6 is 0 Å². The van der Waals surface area contributed by atoms with Crippen LogP contribution in [0.15, 0.2) is 18.2 Å². The summed E-state index contributed by atoms with van der Waals surface area (Å²) in [6.45, 7) is 7.59. The standard InChI is InChI=1S/C22H31N3O2/c1-22(2,3)17-6-8-19-15(10-17)9-16(21(26)25-19)13-24-18-7-5-14(12-23)20(11-18)27-4/h5,7,11,15-17,19,24H,6,8-10,13H2,1-4H3,(H,25,26). The van der Waals surface area contributed by atoms with Gasteiger partial charge in [0, 0.05) is 24.3 Å². The lowest BCUT2D eigenvalue weighted by Crippen LogP contribution is -2.53. The first kappa shape index (κ1) is 19.5. The number of nitrogens with zero attached hydrogens (tertiary/aromatic N) is 1. The molecule has 1 aliphatic heterocycles. The van der Waals surface area contributed by atoms with Crippen LogP contribution in [0.2, 0.25) is 0 Å². The third-order valence-corrected chi connectivity index (χ3v) is 6.37. The second kappa shape index (κ2) is 7.80. The Balaban J connectivity index is 1.62. The molecular formula is C22H31N3O2. The number of anilines is 1. The van der Waals surface area contributed by atoms with Crippen molar-refractivity contribution in [1.29, 1.82) is 5.26 Å². The smallest absolute Gasteiger partial charge is 0.225 e. The molecule has 4 atom stereocenters. The average molecular weight is 370 g/mol. The third kappa shape index (κ3) is 4.37. The number of benzene rings is 1. The molecule has 5 heteroatoms. The largest absolute Gasteiger partial charge is 0.495 e. The maximum absolute atomic E-state index is 12.6. The molecule has 1 saturated heterocycles. The first-order valence-corrected chi connectivity index (χ1v) is 9.94. The van der Waals surface area contributed by atoms with E-state index < -0.39 is 0 Å². The minimum absolute atomic E-state index is 0.0217. The summed E-state index contributed by atoms with van der Waals surface area (Å²) >= 11 is 0. The molecule has 1 aromatic rings. The molecule has 146 valence electrons. The van der Waals surface area contributed by atoms with Crippen molar-refractivity contribution < 1.29 is 9.53 Å². The highest BCUT2D eigenvalue weighted by atomic mass is 16.5. The fraction of sp³-hybridized carbons (Fsp3) is 0.636. The zero-order valence-electron chi connectivity index (χ0n) is 16.8. The summed E-state index contributed by atoms with van der Waals surface area (Å²) in [5.74, 6) is 1.99. The molecule has 1 aliphatic carbocycles. The Morgan fingerprint density at radius 2 is 2.07 bits per heavy atom. The van der Waals surface area contributed by atoms with Gasteiger partial charge < -0.3 is 15.4 Å². The van der Waals surface area contributed by atoms with Crippen LogP contribution in [0, 0.1) is 34.5 Å². The molecule has 4 unspecified atom stereocenters. The molecule has 0 radical (unpaired) electrons. The van der Waals surface area contributed by atoms with Crippen LogP contribution in [0.4, 0.5) is 5.69 Å². The van der Waals surface area contributed by atoms with Gasteiger partial charge in [-0.05, 0) is 55.1 Å². The summed E-state index contributed by atoms with van der Waals surface area (Å²) in [5, 5.41) is 15.7. The molecule has 1 amide bonds. The van der Waals surface area contributed by atoms with E-state index in [1.54, 1.807) is 13.2 Å². The number of ether oxygens (including phenoxy) is 1. The molecule has 2 aliphatic rings. The number of hydrogen-bond acceptors (Lipinski definition) is 4. The van der Waals surface area contributed by atoms with E-state index in [1.807, 2.05) is 12.1 Å². The lowest BCUT2D eigenvalue weighted by molar-refractivity contribution is -0.130. The van der Waals surface area contributed by atoms with Crippen molar-refractivity contribution in [2.45, 2.75) is 52.5 Å². The quantitative estimate of drug-likeness (QED) is 0.843. The number of hydrogen-bond donors (Lipinski definition) is 2. The fourth-order valence-electron chi connectivity index (χ4n) is 4.58. The predicted octanol–water partition coefficient (Wildman–Crippen LogP) is 3.95. The number of carbonyl (C=O) groups is 1. The van der Waals surface area contributed by atoms with E-state index in [1.165, 1.54) is 12.8 Å². The van der Waals surface area contributed by atoms with E-state index in [9.17, 15) is 4.79 Å². The number of piperidine rings is 1. The second-order valence-electron chi connectivity index (χ2n) is 9.09. The molecule has 0 bridgehead atoms. The van der Waals surface area contributed by atoms with Crippen molar-refractivity contribution in [3.05, 3.63) is 23.8 Å². The topological polar surface area (TPSA) is 74.2 Å². The van der Waals surface area contributed by atoms with Gasteiger partial charge in [-0.2, -0.15) is 5.26 Å². The van der Waals surface area contributed by atoms with Crippen LogP contribution in [-0.2, 0) is 4.79 Å². The van der Waals surface area contributed by atoms with Gasteiger partial charge in [-0.1, -0.05) is 20.8 Å². The highest BCUT2D eigenvalue weighted by Crippen LogP contribution is 2.43. The molecule has 3 rings (SSSR count). The van der Waals surface area contributed by atoms with Crippen molar-refractivity contribution in [2.75, 3.05) is 19.0 Å². The molecule has 5 nitrogen and oxygen atoms in total. The Labute approximate surface area is 162 Å². The molecule has 1 saturated carbocycles. The number of nitriles is 1. The molecular weight excluding hydrogens is 338 g/mol. The van der Waals surface area contributed by atoms with Crippen LogP contribution < -0.4 is 15.4 Å². The van der Waals surface area contributed by atoms with E-state index in [0.29, 0.717) is 35.2 Å². The van der Waals surface area contributed by atoms with E-state index in [0.717, 1.165) is 24.4 Å². The molecule has 27 heavy (non-hydrogen) atoms. The van der Waals surface area contributed by atoms with Gasteiger partial charge in [0.05, 0.1) is 18.6 Å². The summed E-state index contributed by atoms with van der Waals surface area (Å²) in [5.41, 5.74) is 1.72. The van der Waals surface area contributed by atoms with Crippen molar-refractivity contribution in [1.82, 2.24) is 5.32 Å². The Morgan fingerprint density at radius 1 is 1.30 bits per heavy atom. The number of nitrogens with one attached hydrogen (secondary N) is 2. The molecule has 0 aromatic heterocycles. The predicted molar refractivity (Wildman–Crippen MR) is 107 cm³/mol. The molecule has 1 aromatic carbocycles. The summed E-state index contributed by atoms with van der Waals surface area (Å²) in [7, 11) is 1.56. The summed E-state index contributed by atoms with van der Waals surface area (Å²) < 4.78 is 5.26. The van der Waals surface area contributed by atoms with Gasteiger partial charge >= 0.3 is 0 Å². The van der Waals surface area contributed by atoms with Crippen molar-refractivity contribution in [3.63, 3.8) is 0 Å². The molecule has 2 N–H and O–H groups in total. The zero-order chi connectivity index (χ0) is 19.6. The lowest BCUT2D eigenvalue weighted by atomic mass is 9.64. The van der Waals surface area contributed by atoms with E-state index in [4.69, 9.17) is 10.00 Å². The van der Waals surface area contributed by atoms with Crippen molar-refractivity contribution in [2.24, 2.45) is 23.2 Å². The number of methoxy groups -OCH3 is 1.